The number of hydrogen-bond acceptors (Lipinski definition) is 2. The number of benzene rings is 1. The Labute approximate surface area is 130 Å². The van der Waals surface area contributed by atoms with Crippen molar-refractivity contribution in [1.82, 2.24) is 5.32 Å². The second-order valence-electron chi connectivity index (χ2n) is 5.68. The van der Waals surface area contributed by atoms with Crippen LogP contribution in [0.3, 0.4) is 0 Å². The fourth-order valence-electron chi connectivity index (χ4n) is 1.88. The van der Waals surface area contributed by atoms with Crippen LogP contribution in [-0.4, -0.2) is 24.2 Å². The maximum absolute atomic E-state index is 11.9. The number of hydrogen-bond donors (Lipinski definition) is 2. The van der Waals surface area contributed by atoms with Crippen LogP contribution < -0.4 is 5.32 Å². The van der Waals surface area contributed by atoms with Gasteiger partial charge in [-0.05, 0) is 36.0 Å². The average Bonchev–Trinajstić information content (AvgIpc) is 2.38. The second kappa shape index (κ2) is 7.87. The molecule has 1 aromatic rings. The Morgan fingerprint density at radius 2 is 2.05 bits per heavy atom. The van der Waals surface area contributed by atoms with E-state index in [4.69, 9.17) is 28.3 Å². The molecule has 0 atom stereocenters. The number of amides is 1. The van der Waals surface area contributed by atoms with Gasteiger partial charge in [-0.3, -0.25) is 4.79 Å². The molecular formula is C15H21Cl2NO2. The van der Waals surface area contributed by atoms with Crippen molar-refractivity contribution < 1.29 is 9.90 Å². The van der Waals surface area contributed by atoms with Crippen molar-refractivity contribution in [3.63, 3.8) is 0 Å². The average molecular weight is 318 g/mol. The van der Waals surface area contributed by atoms with Crippen LogP contribution in [0.15, 0.2) is 18.2 Å². The Balaban J connectivity index is 2.47. The van der Waals surface area contributed by atoms with E-state index in [2.05, 4.69) is 19.2 Å². The largest absolute Gasteiger partial charge is 0.396 e. The first-order valence-corrected chi connectivity index (χ1v) is 7.41. The van der Waals surface area contributed by atoms with Gasteiger partial charge in [-0.2, -0.15) is 0 Å². The fourth-order valence-corrected chi connectivity index (χ4v) is 2.36. The zero-order chi connectivity index (χ0) is 15.2. The number of carbonyl (C=O) groups excluding carboxylic acids is 1. The number of aliphatic hydroxyl groups excluding tert-OH is 1. The number of halogens is 2. The highest BCUT2D eigenvalue weighted by atomic mass is 35.5. The lowest BCUT2D eigenvalue weighted by atomic mass is 9.88. The van der Waals surface area contributed by atoms with Crippen LogP contribution in [-0.2, 0) is 11.2 Å². The summed E-state index contributed by atoms with van der Waals surface area (Å²) in [6.45, 7) is 4.89. The summed E-state index contributed by atoms with van der Waals surface area (Å²) in [6, 6.07) is 5.12. The summed E-state index contributed by atoms with van der Waals surface area (Å²) in [5, 5.41) is 12.8. The predicted molar refractivity (Wildman–Crippen MR) is 83.3 cm³/mol. The zero-order valence-electron chi connectivity index (χ0n) is 11.9. The molecule has 0 bridgehead atoms. The van der Waals surface area contributed by atoms with E-state index in [9.17, 15) is 4.79 Å². The number of carbonyl (C=O) groups is 1. The lowest BCUT2D eigenvalue weighted by Gasteiger charge is -2.24. The van der Waals surface area contributed by atoms with Crippen molar-refractivity contribution >= 4 is 29.1 Å². The van der Waals surface area contributed by atoms with Gasteiger partial charge in [0.15, 0.2) is 0 Å². The Bertz CT molecular complexity index is 461. The monoisotopic (exact) mass is 317 g/mol. The Morgan fingerprint density at radius 1 is 1.35 bits per heavy atom. The van der Waals surface area contributed by atoms with Gasteiger partial charge in [0.25, 0.3) is 0 Å². The van der Waals surface area contributed by atoms with Crippen molar-refractivity contribution in [3.05, 3.63) is 33.8 Å². The Kier molecular flexibility index (Phi) is 6.80. The van der Waals surface area contributed by atoms with Crippen LogP contribution in [0.4, 0.5) is 0 Å². The van der Waals surface area contributed by atoms with Crippen LogP contribution >= 0.6 is 23.2 Å². The molecule has 0 spiro atoms. The summed E-state index contributed by atoms with van der Waals surface area (Å²) >= 11 is 11.9. The molecule has 0 radical (unpaired) electrons. The van der Waals surface area contributed by atoms with Crippen molar-refractivity contribution in [2.45, 2.75) is 33.1 Å². The first-order valence-electron chi connectivity index (χ1n) is 6.65. The first-order chi connectivity index (χ1) is 9.34. The molecular weight excluding hydrogens is 297 g/mol. The summed E-state index contributed by atoms with van der Waals surface area (Å²) in [5.41, 5.74) is 0.740. The van der Waals surface area contributed by atoms with E-state index in [1.54, 1.807) is 18.2 Å². The van der Waals surface area contributed by atoms with E-state index in [1.807, 2.05) is 0 Å². The molecule has 1 aromatic carbocycles. The van der Waals surface area contributed by atoms with E-state index in [-0.39, 0.29) is 24.3 Å². The minimum atomic E-state index is -0.0636. The fraction of sp³-hybridized carbons (Fsp3) is 0.533. The maximum Gasteiger partial charge on any atom is 0.224 e. The van der Waals surface area contributed by atoms with E-state index in [0.717, 1.165) is 18.4 Å². The van der Waals surface area contributed by atoms with Crippen LogP contribution in [0, 0.1) is 5.41 Å². The minimum Gasteiger partial charge on any atom is -0.396 e. The summed E-state index contributed by atoms with van der Waals surface area (Å²) in [7, 11) is 0. The summed E-state index contributed by atoms with van der Waals surface area (Å²) in [4.78, 5) is 11.9. The van der Waals surface area contributed by atoms with Crippen molar-refractivity contribution in [1.29, 1.82) is 0 Å². The van der Waals surface area contributed by atoms with Gasteiger partial charge in [0.1, 0.15) is 0 Å². The quantitative estimate of drug-likeness (QED) is 0.809. The van der Waals surface area contributed by atoms with E-state index >= 15 is 0 Å². The van der Waals surface area contributed by atoms with Gasteiger partial charge in [0, 0.05) is 23.2 Å². The molecule has 0 saturated heterocycles. The molecule has 20 heavy (non-hydrogen) atoms. The van der Waals surface area contributed by atoms with Gasteiger partial charge < -0.3 is 10.4 Å². The molecule has 0 saturated carbocycles. The summed E-state index contributed by atoms with van der Waals surface area (Å²) < 4.78 is 0. The molecule has 112 valence electrons. The molecule has 0 aromatic heterocycles. The zero-order valence-corrected chi connectivity index (χ0v) is 13.4. The number of nitrogens with one attached hydrogen (secondary N) is 1. The van der Waals surface area contributed by atoms with E-state index in [1.165, 1.54) is 0 Å². The van der Waals surface area contributed by atoms with Crippen LogP contribution in [0.25, 0.3) is 0 Å². The maximum atomic E-state index is 11.9. The topological polar surface area (TPSA) is 49.3 Å². The Hall–Kier alpha value is -0.770. The summed E-state index contributed by atoms with van der Waals surface area (Å²) in [5.74, 6) is -0.0636. The van der Waals surface area contributed by atoms with E-state index < -0.39 is 0 Å². The molecule has 0 fully saturated rings. The van der Waals surface area contributed by atoms with E-state index in [0.29, 0.717) is 16.6 Å². The van der Waals surface area contributed by atoms with Crippen molar-refractivity contribution in [3.8, 4) is 0 Å². The van der Waals surface area contributed by atoms with Gasteiger partial charge >= 0.3 is 0 Å². The van der Waals surface area contributed by atoms with Crippen molar-refractivity contribution in [2.24, 2.45) is 5.41 Å². The third-order valence-electron chi connectivity index (χ3n) is 3.14. The van der Waals surface area contributed by atoms with Gasteiger partial charge in [0.05, 0.1) is 6.42 Å². The third-order valence-corrected chi connectivity index (χ3v) is 3.73. The normalized spacial score (nSPS) is 11.4. The van der Waals surface area contributed by atoms with Gasteiger partial charge in [-0.25, -0.2) is 0 Å². The highest BCUT2D eigenvalue weighted by Crippen LogP contribution is 2.22. The minimum absolute atomic E-state index is 0.0256. The molecule has 0 aliphatic heterocycles. The van der Waals surface area contributed by atoms with Crippen LogP contribution in [0.2, 0.25) is 10.0 Å². The molecule has 1 amide bonds. The van der Waals surface area contributed by atoms with Gasteiger partial charge in [0.2, 0.25) is 5.91 Å². The van der Waals surface area contributed by atoms with Gasteiger partial charge in [-0.1, -0.05) is 43.1 Å². The molecule has 2 N–H and O–H groups in total. The lowest BCUT2D eigenvalue weighted by Crippen LogP contribution is -2.35. The Morgan fingerprint density at radius 3 is 2.65 bits per heavy atom. The lowest BCUT2D eigenvalue weighted by molar-refractivity contribution is -0.120. The standard InChI is InChI=1S/C15H21Cl2NO2/c1-15(2,6-3-7-19)10-18-14(20)8-11-4-5-12(16)9-13(11)17/h4-5,9,19H,3,6-8,10H2,1-2H3,(H,18,20). The smallest absolute Gasteiger partial charge is 0.224 e. The molecule has 0 heterocycles. The summed E-state index contributed by atoms with van der Waals surface area (Å²) in [6.07, 6.45) is 1.85. The van der Waals surface area contributed by atoms with Crippen LogP contribution in [0.5, 0.6) is 0 Å². The number of rotatable bonds is 7. The highest BCUT2D eigenvalue weighted by molar-refractivity contribution is 6.35. The molecule has 0 aliphatic rings. The van der Waals surface area contributed by atoms with Gasteiger partial charge in [-0.15, -0.1) is 0 Å². The molecule has 5 heteroatoms. The van der Waals surface area contributed by atoms with Crippen molar-refractivity contribution in [2.75, 3.05) is 13.2 Å². The molecule has 1 rings (SSSR count). The molecule has 0 unspecified atom stereocenters. The second-order valence-corrected chi connectivity index (χ2v) is 6.52. The highest BCUT2D eigenvalue weighted by Gasteiger charge is 2.18. The first kappa shape index (κ1) is 17.3. The van der Waals surface area contributed by atoms with Crippen LogP contribution in [0.1, 0.15) is 32.3 Å². The number of aliphatic hydroxyl groups is 1. The third kappa shape index (κ3) is 6.12. The molecule has 3 nitrogen and oxygen atoms in total. The predicted octanol–water partition coefficient (Wildman–Crippen LogP) is 3.45. The molecule has 0 aliphatic carbocycles. The SMILES string of the molecule is CC(C)(CCCO)CNC(=O)Cc1ccc(Cl)cc1Cl.